The Morgan fingerprint density at radius 1 is 0.964 bits per heavy atom. The number of benzene rings is 2. The molecule has 0 aliphatic heterocycles. The maximum Gasteiger partial charge on any atom is 0.323 e. The van der Waals surface area contributed by atoms with E-state index in [0.717, 1.165) is 17.2 Å². The molecule has 2 amide bonds. The standard InChI is InChI=1S/C20H21FN6O/c1-13-12-18(27(2)3)26-19(22-13)23-14-8-10-15(11-9-14)24-20(28)25-17-7-5-4-6-16(17)21/h4-12H,1-3H3,(H,22,23,26)(H2,24,25,28). The number of halogens is 1. The van der Waals surface area contributed by atoms with Gasteiger partial charge in [0.2, 0.25) is 5.95 Å². The number of hydrogen-bond donors (Lipinski definition) is 3. The van der Waals surface area contributed by atoms with Crippen LogP contribution in [0.25, 0.3) is 0 Å². The van der Waals surface area contributed by atoms with Gasteiger partial charge < -0.3 is 20.9 Å². The normalized spacial score (nSPS) is 10.3. The zero-order chi connectivity index (χ0) is 20.1. The molecule has 0 saturated heterocycles. The van der Waals surface area contributed by atoms with Gasteiger partial charge in [-0.1, -0.05) is 12.1 Å². The van der Waals surface area contributed by atoms with Crippen LogP contribution in [0, 0.1) is 12.7 Å². The van der Waals surface area contributed by atoms with E-state index in [1.165, 1.54) is 12.1 Å². The van der Waals surface area contributed by atoms with Gasteiger partial charge in [0.15, 0.2) is 0 Å². The number of rotatable bonds is 5. The highest BCUT2D eigenvalue weighted by molar-refractivity contribution is 5.99. The SMILES string of the molecule is Cc1cc(N(C)C)nc(Nc2ccc(NC(=O)Nc3ccccc3F)cc2)n1. The van der Waals surface area contributed by atoms with Crippen molar-refractivity contribution in [3.63, 3.8) is 0 Å². The van der Waals surface area contributed by atoms with Gasteiger partial charge in [0, 0.05) is 37.2 Å². The number of aryl methyl sites for hydroxylation is 1. The van der Waals surface area contributed by atoms with E-state index in [-0.39, 0.29) is 5.69 Å². The molecule has 7 nitrogen and oxygen atoms in total. The van der Waals surface area contributed by atoms with Crippen molar-refractivity contribution in [1.29, 1.82) is 0 Å². The highest BCUT2D eigenvalue weighted by Crippen LogP contribution is 2.19. The van der Waals surface area contributed by atoms with E-state index in [1.54, 1.807) is 36.4 Å². The molecular weight excluding hydrogens is 359 g/mol. The number of carbonyl (C=O) groups is 1. The molecule has 1 aromatic heterocycles. The van der Waals surface area contributed by atoms with Crippen LogP contribution in [0.1, 0.15) is 5.69 Å². The molecule has 2 aromatic carbocycles. The summed E-state index contributed by atoms with van der Waals surface area (Å²) >= 11 is 0. The summed E-state index contributed by atoms with van der Waals surface area (Å²) in [6.07, 6.45) is 0. The Labute approximate surface area is 162 Å². The lowest BCUT2D eigenvalue weighted by Crippen LogP contribution is -2.20. The number of carbonyl (C=O) groups excluding carboxylic acids is 1. The van der Waals surface area contributed by atoms with Crippen molar-refractivity contribution >= 4 is 34.9 Å². The minimum Gasteiger partial charge on any atom is -0.363 e. The molecule has 3 aromatic rings. The first-order valence-electron chi connectivity index (χ1n) is 8.63. The van der Waals surface area contributed by atoms with Gasteiger partial charge >= 0.3 is 6.03 Å². The lowest BCUT2D eigenvalue weighted by Gasteiger charge is -2.14. The summed E-state index contributed by atoms with van der Waals surface area (Å²) in [5.41, 5.74) is 2.31. The number of aromatic nitrogens is 2. The molecule has 0 spiro atoms. The van der Waals surface area contributed by atoms with Gasteiger partial charge in [-0.2, -0.15) is 4.98 Å². The topological polar surface area (TPSA) is 82.2 Å². The van der Waals surface area contributed by atoms with Crippen LogP contribution in [0.4, 0.5) is 38.0 Å². The summed E-state index contributed by atoms with van der Waals surface area (Å²) in [5, 5.41) is 8.27. The Balaban J connectivity index is 1.64. The van der Waals surface area contributed by atoms with Crippen molar-refractivity contribution in [1.82, 2.24) is 9.97 Å². The summed E-state index contributed by atoms with van der Waals surface area (Å²) in [5.74, 6) is 0.798. The predicted octanol–water partition coefficient (Wildman–Crippen LogP) is 4.38. The maximum absolute atomic E-state index is 13.6. The van der Waals surface area contributed by atoms with Crippen LogP contribution in [0.5, 0.6) is 0 Å². The molecule has 0 bridgehead atoms. The number of anilines is 5. The zero-order valence-electron chi connectivity index (χ0n) is 15.8. The first-order valence-corrected chi connectivity index (χ1v) is 8.63. The van der Waals surface area contributed by atoms with E-state index < -0.39 is 11.8 Å². The fraction of sp³-hybridized carbons (Fsp3) is 0.150. The summed E-state index contributed by atoms with van der Waals surface area (Å²) < 4.78 is 13.6. The van der Waals surface area contributed by atoms with Crippen LogP contribution in [0.3, 0.4) is 0 Å². The van der Waals surface area contributed by atoms with Crippen LogP contribution >= 0.6 is 0 Å². The van der Waals surface area contributed by atoms with Gasteiger partial charge in [-0.15, -0.1) is 0 Å². The molecular formula is C20H21FN6O. The van der Waals surface area contributed by atoms with Crippen molar-refractivity contribution in [2.24, 2.45) is 0 Å². The number of nitrogens with one attached hydrogen (secondary N) is 3. The van der Waals surface area contributed by atoms with Crippen LogP contribution in [0.15, 0.2) is 54.6 Å². The number of para-hydroxylation sites is 1. The Morgan fingerprint density at radius 3 is 2.32 bits per heavy atom. The summed E-state index contributed by atoms with van der Waals surface area (Å²) in [7, 11) is 3.83. The molecule has 0 fully saturated rings. The van der Waals surface area contributed by atoms with Crippen molar-refractivity contribution in [2.45, 2.75) is 6.92 Å². The summed E-state index contributed by atoms with van der Waals surface area (Å²) in [6, 6.07) is 14.4. The number of urea groups is 1. The molecule has 1 heterocycles. The highest BCUT2D eigenvalue weighted by atomic mass is 19.1. The van der Waals surface area contributed by atoms with Gasteiger partial charge in [-0.25, -0.2) is 14.2 Å². The van der Waals surface area contributed by atoms with E-state index in [1.807, 2.05) is 32.0 Å². The first kappa shape index (κ1) is 19.1. The molecule has 28 heavy (non-hydrogen) atoms. The molecule has 0 aliphatic carbocycles. The third-order valence-corrected chi connectivity index (χ3v) is 3.82. The second-order valence-corrected chi connectivity index (χ2v) is 6.35. The molecule has 144 valence electrons. The molecule has 0 aliphatic rings. The third-order valence-electron chi connectivity index (χ3n) is 3.82. The minimum absolute atomic E-state index is 0.117. The molecule has 0 radical (unpaired) electrons. The monoisotopic (exact) mass is 380 g/mol. The van der Waals surface area contributed by atoms with Crippen LogP contribution in [-0.2, 0) is 0 Å². The Morgan fingerprint density at radius 2 is 1.64 bits per heavy atom. The maximum atomic E-state index is 13.6. The lowest BCUT2D eigenvalue weighted by molar-refractivity contribution is 0.262. The number of nitrogens with zero attached hydrogens (tertiary/aromatic N) is 3. The number of amides is 2. The van der Waals surface area contributed by atoms with Gasteiger partial charge in [-0.05, 0) is 43.3 Å². The van der Waals surface area contributed by atoms with E-state index in [0.29, 0.717) is 11.6 Å². The van der Waals surface area contributed by atoms with Gasteiger partial charge in [0.1, 0.15) is 11.6 Å². The van der Waals surface area contributed by atoms with Gasteiger partial charge in [0.25, 0.3) is 0 Å². The molecule has 3 rings (SSSR count). The average Bonchev–Trinajstić information content (AvgIpc) is 2.65. The lowest BCUT2D eigenvalue weighted by atomic mass is 10.3. The van der Waals surface area contributed by atoms with E-state index in [9.17, 15) is 9.18 Å². The largest absolute Gasteiger partial charge is 0.363 e. The average molecular weight is 380 g/mol. The highest BCUT2D eigenvalue weighted by Gasteiger charge is 2.07. The fourth-order valence-corrected chi connectivity index (χ4v) is 2.45. The van der Waals surface area contributed by atoms with Crippen molar-refractivity contribution in [3.05, 3.63) is 66.1 Å². The van der Waals surface area contributed by atoms with Crippen LogP contribution in [0.2, 0.25) is 0 Å². The Bertz CT molecular complexity index is 975. The minimum atomic E-state index is -0.525. The summed E-state index contributed by atoms with van der Waals surface area (Å²) in [4.78, 5) is 22.7. The van der Waals surface area contributed by atoms with Crippen molar-refractivity contribution < 1.29 is 9.18 Å². The van der Waals surface area contributed by atoms with Crippen molar-refractivity contribution in [3.8, 4) is 0 Å². The second-order valence-electron chi connectivity index (χ2n) is 6.35. The third kappa shape index (κ3) is 4.94. The zero-order valence-corrected chi connectivity index (χ0v) is 15.8. The first-order chi connectivity index (χ1) is 13.4. The van der Waals surface area contributed by atoms with Crippen molar-refractivity contribution in [2.75, 3.05) is 34.9 Å². The number of hydrogen-bond acceptors (Lipinski definition) is 5. The molecule has 0 unspecified atom stereocenters. The van der Waals surface area contributed by atoms with Gasteiger partial charge in [-0.3, -0.25) is 0 Å². The van der Waals surface area contributed by atoms with E-state index in [4.69, 9.17) is 0 Å². The smallest absolute Gasteiger partial charge is 0.323 e. The Kier molecular flexibility index (Phi) is 5.69. The molecule has 3 N–H and O–H groups in total. The predicted molar refractivity (Wildman–Crippen MR) is 110 cm³/mol. The fourth-order valence-electron chi connectivity index (χ4n) is 2.45. The molecule has 0 atom stereocenters. The Hall–Kier alpha value is -3.68. The second kappa shape index (κ2) is 8.34. The van der Waals surface area contributed by atoms with Crippen LogP contribution < -0.4 is 20.9 Å². The quantitative estimate of drug-likeness (QED) is 0.612. The van der Waals surface area contributed by atoms with Gasteiger partial charge in [0.05, 0.1) is 5.69 Å². The van der Waals surface area contributed by atoms with Crippen LogP contribution in [-0.4, -0.2) is 30.1 Å². The summed E-state index contributed by atoms with van der Waals surface area (Å²) in [6.45, 7) is 1.90. The van der Waals surface area contributed by atoms with E-state index in [2.05, 4.69) is 25.9 Å². The molecule has 0 saturated carbocycles. The molecule has 8 heteroatoms. The van der Waals surface area contributed by atoms with E-state index >= 15 is 0 Å².